The molecular formula is C14H26S2. The largest absolute Gasteiger partial charge is 0.0935 e. The second-order valence-corrected chi connectivity index (χ2v) is 5.17. The van der Waals surface area contributed by atoms with Crippen molar-refractivity contribution in [2.24, 2.45) is 5.92 Å². The molecule has 0 amide bonds. The Morgan fingerprint density at radius 2 is 1.44 bits per heavy atom. The lowest BCUT2D eigenvalue weighted by atomic mass is 9.99. The van der Waals surface area contributed by atoms with E-state index in [1.807, 2.05) is 10.7 Å². The summed E-state index contributed by atoms with van der Waals surface area (Å²) in [6.45, 7) is 2.27. The first-order valence-corrected chi connectivity index (χ1v) is 7.68. The quantitative estimate of drug-likeness (QED) is 0.334. The molecule has 16 heavy (non-hydrogen) atoms. The van der Waals surface area contributed by atoms with Gasteiger partial charge in [-0.15, -0.1) is 0 Å². The van der Waals surface area contributed by atoms with Gasteiger partial charge in [-0.3, -0.25) is 0 Å². The fraction of sp³-hybridized carbons (Fsp3) is 0.857. The zero-order chi connectivity index (χ0) is 12.1. The maximum atomic E-state index is 5.00. The lowest BCUT2D eigenvalue weighted by Crippen LogP contribution is -2.00. The molecule has 0 aliphatic carbocycles. The van der Waals surface area contributed by atoms with Crippen molar-refractivity contribution >= 4 is 35.2 Å². The smallest absolute Gasteiger partial charge is 0.00858 e. The van der Waals surface area contributed by atoms with Crippen molar-refractivity contribution in [3.63, 3.8) is 0 Å². The van der Waals surface area contributed by atoms with E-state index in [0.29, 0.717) is 5.92 Å². The highest BCUT2D eigenvalue weighted by Gasteiger charge is 2.02. The van der Waals surface area contributed by atoms with Crippen molar-refractivity contribution in [1.82, 2.24) is 0 Å². The summed E-state index contributed by atoms with van der Waals surface area (Å²) in [6.07, 6.45) is 13.3. The SMILES string of the molecule is CCCCCCCCCCC(C=S)CC=S. The minimum absolute atomic E-state index is 0.549. The van der Waals surface area contributed by atoms with Gasteiger partial charge in [-0.05, 0) is 29.5 Å². The third-order valence-electron chi connectivity index (χ3n) is 3.02. The van der Waals surface area contributed by atoms with E-state index in [0.717, 1.165) is 6.42 Å². The van der Waals surface area contributed by atoms with Gasteiger partial charge >= 0.3 is 0 Å². The normalized spacial score (nSPS) is 12.3. The zero-order valence-corrected chi connectivity index (χ0v) is 12.3. The van der Waals surface area contributed by atoms with Crippen molar-refractivity contribution in [3.8, 4) is 0 Å². The Bertz CT molecular complexity index is 166. The van der Waals surface area contributed by atoms with Crippen LogP contribution in [-0.4, -0.2) is 10.7 Å². The molecule has 2 heteroatoms. The van der Waals surface area contributed by atoms with E-state index >= 15 is 0 Å². The van der Waals surface area contributed by atoms with E-state index in [1.165, 1.54) is 57.8 Å². The summed E-state index contributed by atoms with van der Waals surface area (Å²) in [6, 6.07) is 0. The number of thiocarbonyl (C=S) groups is 2. The minimum Gasteiger partial charge on any atom is -0.0935 e. The maximum absolute atomic E-state index is 5.00. The van der Waals surface area contributed by atoms with Gasteiger partial charge in [0.2, 0.25) is 0 Å². The molecule has 0 saturated carbocycles. The first-order valence-electron chi connectivity index (χ1n) is 6.74. The van der Waals surface area contributed by atoms with E-state index in [4.69, 9.17) is 24.4 Å². The minimum atomic E-state index is 0.549. The van der Waals surface area contributed by atoms with E-state index in [9.17, 15) is 0 Å². The van der Waals surface area contributed by atoms with Crippen LogP contribution in [0.3, 0.4) is 0 Å². The molecule has 0 spiro atoms. The standard InChI is InChI=1S/C14H26S2/c1-2-3-4-5-6-7-8-9-10-14(13-16)11-12-15/h12-14H,2-11H2,1H3. The molecule has 0 nitrogen and oxygen atoms in total. The van der Waals surface area contributed by atoms with Crippen LogP contribution in [0, 0.1) is 5.92 Å². The Hall–Kier alpha value is 0.180. The molecule has 0 rings (SSSR count). The van der Waals surface area contributed by atoms with Crippen molar-refractivity contribution in [1.29, 1.82) is 0 Å². The van der Waals surface area contributed by atoms with E-state index in [-0.39, 0.29) is 0 Å². The van der Waals surface area contributed by atoms with E-state index in [1.54, 1.807) is 0 Å². The molecule has 1 atom stereocenters. The molecule has 0 heterocycles. The van der Waals surface area contributed by atoms with Crippen molar-refractivity contribution < 1.29 is 0 Å². The Morgan fingerprint density at radius 1 is 0.875 bits per heavy atom. The van der Waals surface area contributed by atoms with Crippen LogP contribution in [0.5, 0.6) is 0 Å². The Kier molecular flexibility index (Phi) is 13.4. The Balaban J connectivity index is 3.18. The van der Waals surface area contributed by atoms with Gasteiger partial charge in [-0.1, -0.05) is 82.7 Å². The molecule has 0 bridgehead atoms. The highest BCUT2D eigenvalue weighted by molar-refractivity contribution is 7.79. The average Bonchev–Trinajstić information content (AvgIpc) is 2.31. The Morgan fingerprint density at radius 3 is 1.94 bits per heavy atom. The van der Waals surface area contributed by atoms with Gasteiger partial charge in [0.05, 0.1) is 0 Å². The van der Waals surface area contributed by atoms with E-state index in [2.05, 4.69) is 6.92 Å². The predicted molar refractivity (Wildman–Crippen MR) is 82.6 cm³/mol. The third-order valence-corrected chi connectivity index (χ3v) is 3.60. The fourth-order valence-corrected chi connectivity index (χ4v) is 2.40. The van der Waals surface area contributed by atoms with Crippen molar-refractivity contribution in [2.45, 2.75) is 71.1 Å². The van der Waals surface area contributed by atoms with Crippen LogP contribution in [0.4, 0.5) is 0 Å². The van der Waals surface area contributed by atoms with Gasteiger partial charge in [0.1, 0.15) is 0 Å². The molecular weight excluding hydrogens is 232 g/mol. The lowest BCUT2D eigenvalue weighted by molar-refractivity contribution is 0.540. The fourth-order valence-electron chi connectivity index (χ4n) is 1.91. The molecule has 0 saturated heterocycles. The molecule has 0 aliphatic rings. The summed E-state index contributed by atoms with van der Waals surface area (Å²) in [7, 11) is 0. The molecule has 0 aromatic carbocycles. The molecule has 0 aromatic rings. The predicted octanol–water partition coefficient (Wildman–Crippen LogP) is 5.52. The molecule has 0 aliphatic heterocycles. The van der Waals surface area contributed by atoms with Crippen molar-refractivity contribution in [2.75, 3.05) is 0 Å². The van der Waals surface area contributed by atoms with Crippen molar-refractivity contribution in [3.05, 3.63) is 0 Å². The summed E-state index contributed by atoms with van der Waals surface area (Å²) in [5, 5.41) is 3.71. The maximum Gasteiger partial charge on any atom is -0.00858 e. The average molecular weight is 258 g/mol. The van der Waals surface area contributed by atoms with Gasteiger partial charge in [-0.2, -0.15) is 0 Å². The number of rotatable bonds is 12. The van der Waals surface area contributed by atoms with Crippen LogP contribution < -0.4 is 0 Å². The van der Waals surface area contributed by atoms with E-state index < -0.39 is 0 Å². The monoisotopic (exact) mass is 258 g/mol. The molecule has 0 aromatic heterocycles. The highest BCUT2D eigenvalue weighted by atomic mass is 32.1. The van der Waals surface area contributed by atoms with Gasteiger partial charge in [0.15, 0.2) is 0 Å². The summed E-state index contributed by atoms with van der Waals surface area (Å²) in [5.74, 6) is 0.549. The van der Waals surface area contributed by atoms with Crippen LogP contribution in [-0.2, 0) is 0 Å². The molecule has 1 unspecified atom stereocenters. The van der Waals surface area contributed by atoms with Gasteiger partial charge < -0.3 is 0 Å². The van der Waals surface area contributed by atoms with Gasteiger partial charge in [0, 0.05) is 0 Å². The molecule has 0 radical (unpaired) electrons. The third kappa shape index (κ3) is 10.7. The summed E-state index contributed by atoms with van der Waals surface area (Å²) in [5.41, 5.74) is 0. The van der Waals surface area contributed by atoms with Crippen LogP contribution >= 0.6 is 24.4 Å². The second-order valence-electron chi connectivity index (χ2n) is 4.56. The molecule has 94 valence electrons. The van der Waals surface area contributed by atoms with Crippen LogP contribution in [0.15, 0.2) is 0 Å². The topological polar surface area (TPSA) is 0 Å². The number of unbranched alkanes of at least 4 members (excludes halogenated alkanes) is 7. The van der Waals surface area contributed by atoms with Crippen LogP contribution in [0.2, 0.25) is 0 Å². The zero-order valence-electron chi connectivity index (χ0n) is 10.6. The first-order chi connectivity index (χ1) is 7.85. The second kappa shape index (κ2) is 13.2. The number of hydrogen-bond acceptors (Lipinski definition) is 2. The Labute approximate surface area is 112 Å². The molecule has 0 fully saturated rings. The lowest BCUT2D eigenvalue weighted by Gasteiger charge is -2.07. The van der Waals surface area contributed by atoms with Gasteiger partial charge in [0.25, 0.3) is 0 Å². The van der Waals surface area contributed by atoms with Crippen LogP contribution in [0.25, 0.3) is 0 Å². The first kappa shape index (κ1) is 16.2. The van der Waals surface area contributed by atoms with Gasteiger partial charge in [-0.25, -0.2) is 0 Å². The number of hydrogen-bond donors (Lipinski definition) is 0. The molecule has 0 N–H and O–H groups in total. The summed E-state index contributed by atoms with van der Waals surface area (Å²) in [4.78, 5) is 0. The highest BCUT2D eigenvalue weighted by Crippen LogP contribution is 2.14. The summed E-state index contributed by atoms with van der Waals surface area (Å²) < 4.78 is 0. The van der Waals surface area contributed by atoms with Crippen LogP contribution in [0.1, 0.15) is 71.1 Å². The summed E-state index contributed by atoms with van der Waals surface area (Å²) >= 11 is 9.86.